The number of hydrogen-bond donors (Lipinski definition) is 1. The lowest BCUT2D eigenvalue weighted by molar-refractivity contribution is 0.0977. The molecule has 160 valence electrons. The van der Waals surface area contributed by atoms with Gasteiger partial charge in [-0.05, 0) is 32.1 Å². The van der Waals surface area contributed by atoms with Gasteiger partial charge in [-0.15, -0.1) is 11.5 Å². The van der Waals surface area contributed by atoms with Crippen LogP contribution in [0, 0.1) is 12.3 Å². The molecular weight excluding hydrogens is 390 g/mol. The Labute approximate surface area is 182 Å². The first-order chi connectivity index (χ1) is 15.0. The topological polar surface area (TPSA) is 84.8 Å². The molecule has 1 atom stereocenters. The van der Waals surface area contributed by atoms with Crippen molar-refractivity contribution in [1.82, 2.24) is 29.4 Å². The third kappa shape index (κ3) is 3.92. The summed E-state index contributed by atoms with van der Waals surface area (Å²) in [7, 11) is 1.62. The Hall–Kier alpha value is -3.57. The number of anilines is 1. The minimum Gasteiger partial charge on any atom is -0.494 e. The van der Waals surface area contributed by atoms with Crippen LogP contribution in [0.5, 0.6) is 5.75 Å². The molecule has 8 nitrogen and oxygen atoms in total. The number of nitrogen functional groups attached to an aromatic ring is 1. The smallest absolute Gasteiger partial charge is 0.223 e. The van der Waals surface area contributed by atoms with Gasteiger partial charge in [-0.3, -0.25) is 4.90 Å². The maximum atomic E-state index is 6.17. The number of aromatic nitrogens is 4. The zero-order valence-electron chi connectivity index (χ0n) is 18.1. The van der Waals surface area contributed by atoms with Crippen molar-refractivity contribution < 1.29 is 4.74 Å². The Balaban J connectivity index is 1.58. The highest BCUT2D eigenvalue weighted by molar-refractivity contribution is 5.95. The van der Waals surface area contributed by atoms with E-state index in [9.17, 15) is 0 Å². The second-order valence-electron chi connectivity index (χ2n) is 7.59. The number of allylic oxidation sites excluding steroid dienone is 3. The molecule has 1 saturated heterocycles. The van der Waals surface area contributed by atoms with Crippen LogP contribution in [-0.4, -0.2) is 62.2 Å². The molecule has 0 amide bonds. The number of terminal acetylenes is 1. The van der Waals surface area contributed by atoms with Gasteiger partial charge in [0.05, 0.1) is 13.7 Å². The molecule has 31 heavy (non-hydrogen) atoms. The van der Waals surface area contributed by atoms with Gasteiger partial charge in [-0.1, -0.05) is 18.1 Å². The van der Waals surface area contributed by atoms with Gasteiger partial charge < -0.3 is 15.4 Å². The van der Waals surface area contributed by atoms with Crippen LogP contribution in [0.2, 0.25) is 0 Å². The summed E-state index contributed by atoms with van der Waals surface area (Å²) < 4.78 is 7.04. The fraction of sp³-hybridized carbons (Fsp3) is 0.348. The lowest BCUT2D eigenvalue weighted by Crippen LogP contribution is -2.50. The van der Waals surface area contributed by atoms with E-state index in [1.54, 1.807) is 11.6 Å². The van der Waals surface area contributed by atoms with Gasteiger partial charge in [0.1, 0.15) is 11.3 Å². The third-order valence-corrected chi connectivity index (χ3v) is 5.60. The highest BCUT2D eigenvalue weighted by Crippen LogP contribution is 2.27. The van der Waals surface area contributed by atoms with E-state index in [-0.39, 0.29) is 0 Å². The predicted molar refractivity (Wildman–Crippen MR) is 122 cm³/mol. The number of nitrogens with two attached hydrogens (primary N) is 1. The first kappa shape index (κ1) is 20.7. The molecule has 0 saturated carbocycles. The van der Waals surface area contributed by atoms with E-state index in [1.165, 1.54) is 0 Å². The molecule has 2 N–H and O–H groups in total. The Morgan fingerprint density at radius 1 is 1.35 bits per heavy atom. The molecule has 1 aliphatic heterocycles. The van der Waals surface area contributed by atoms with Crippen molar-refractivity contribution in [3.05, 3.63) is 47.9 Å². The average Bonchev–Trinajstić information content (AvgIpc) is 3.19. The summed E-state index contributed by atoms with van der Waals surface area (Å²) in [5.74, 6) is 4.32. The number of hydrogen-bond acceptors (Lipinski definition) is 7. The highest BCUT2D eigenvalue weighted by Gasteiger charge is 2.26. The van der Waals surface area contributed by atoms with Gasteiger partial charge in [0.2, 0.25) is 5.95 Å². The van der Waals surface area contributed by atoms with Crippen molar-refractivity contribution in [2.24, 2.45) is 0 Å². The lowest BCUT2D eigenvalue weighted by atomic mass is 10.1. The summed E-state index contributed by atoms with van der Waals surface area (Å²) in [6, 6.07) is 6.06. The Bertz CT molecular complexity index is 1200. The number of fused-ring (bicyclic) bond motifs is 3. The fourth-order valence-electron chi connectivity index (χ4n) is 4.05. The number of benzene rings is 1. The van der Waals surface area contributed by atoms with E-state index in [4.69, 9.17) is 21.9 Å². The van der Waals surface area contributed by atoms with Crippen LogP contribution in [0.3, 0.4) is 0 Å². The largest absolute Gasteiger partial charge is 0.494 e. The van der Waals surface area contributed by atoms with E-state index >= 15 is 0 Å². The maximum Gasteiger partial charge on any atom is 0.223 e. The van der Waals surface area contributed by atoms with Crippen LogP contribution in [0.1, 0.15) is 19.7 Å². The van der Waals surface area contributed by atoms with E-state index in [2.05, 4.69) is 38.8 Å². The monoisotopic (exact) mass is 417 g/mol. The van der Waals surface area contributed by atoms with Crippen LogP contribution < -0.4 is 10.5 Å². The molecule has 1 fully saturated rings. The molecule has 1 aromatic carbocycles. The predicted octanol–water partition coefficient (Wildman–Crippen LogP) is 2.47. The summed E-state index contributed by atoms with van der Waals surface area (Å²) in [5, 5.41) is 5.49. The molecular formula is C23H27N7O. The van der Waals surface area contributed by atoms with Crippen molar-refractivity contribution in [2.45, 2.75) is 26.4 Å². The van der Waals surface area contributed by atoms with E-state index in [0.717, 1.165) is 36.5 Å². The van der Waals surface area contributed by atoms with Crippen molar-refractivity contribution in [2.75, 3.05) is 32.5 Å². The minimum atomic E-state index is 0.291. The number of methoxy groups -OCH3 is 1. The van der Waals surface area contributed by atoms with Gasteiger partial charge in [0, 0.05) is 42.8 Å². The summed E-state index contributed by atoms with van der Waals surface area (Å²) in [5.41, 5.74) is 8.62. The Morgan fingerprint density at radius 2 is 2.19 bits per heavy atom. The highest BCUT2D eigenvalue weighted by atomic mass is 16.5. The Kier molecular flexibility index (Phi) is 5.78. The molecule has 8 heteroatoms. The third-order valence-electron chi connectivity index (χ3n) is 5.60. The summed E-state index contributed by atoms with van der Waals surface area (Å²) in [4.78, 5) is 14.0. The van der Waals surface area contributed by atoms with Gasteiger partial charge >= 0.3 is 0 Å². The SMILES string of the molecule is C#C/C=C(\C=C/C)N1CCN(Cc2nc3c4cccc(OC)c4nc(N)n3n2)C(C)C1. The van der Waals surface area contributed by atoms with Gasteiger partial charge in [-0.2, -0.15) is 4.52 Å². The van der Waals surface area contributed by atoms with Crippen LogP contribution in [0.4, 0.5) is 5.95 Å². The molecule has 1 aliphatic rings. The van der Waals surface area contributed by atoms with Crippen molar-refractivity contribution in [3.63, 3.8) is 0 Å². The number of rotatable bonds is 5. The van der Waals surface area contributed by atoms with E-state index in [0.29, 0.717) is 35.4 Å². The van der Waals surface area contributed by atoms with Crippen molar-refractivity contribution in [1.29, 1.82) is 0 Å². The molecule has 0 spiro atoms. The van der Waals surface area contributed by atoms with Crippen LogP contribution >= 0.6 is 0 Å². The van der Waals surface area contributed by atoms with Crippen LogP contribution in [0.25, 0.3) is 16.6 Å². The second-order valence-corrected chi connectivity index (χ2v) is 7.59. The van der Waals surface area contributed by atoms with E-state index in [1.807, 2.05) is 37.3 Å². The summed E-state index contributed by atoms with van der Waals surface area (Å²) >= 11 is 0. The van der Waals surface area contributed by atoms with Crippen molar-refractivity contribution >= 4 is 22.5 Å². The second kappa shape index (κ2) is 8.66. The van der Waals surface area contributed by atoms with Crippen molar-refractivity contribution in [3.8, 4) is 18.1 Å². The average molecular weight is 418 g/mol. The van der Waals surface area contributed by atoms with Crippen LogP contribution in [0.15, 0.2) is 42.1 Å². The summed E-state index contributed by atoms with van der Waals surface area (Å²) in [6.07, 6.45) is 11.4. The normalized spacial score (nSPS) is 18.2. The standard InChI is InChI=1S/C23H27N7O/c1-5-8-17(9-6-2)29-13-12-28(16(3)14-29)15-20-25-22-18-10-7-11-19(31-4)21(18)26-23(24)30(22)27-20/h1,6-11,16H,12-15H2,2-4H3,(H2,24,26)/b9-6-,17-8+. The number of nitrogens with zero attached hydrogens (tertiary/aromatic N) is 6. The molecule has 3 aromatic rings. The number of para-hydroxylation sites is 1. The maximum absolute atomic E-state index is 6.17. The molecule has 4 rings (SSSR count). The van der Waals surface area contributed by atoms with Crippen LogP contribution in [-0.2, 0) is 6.54 Å². The Morgan fingerprint density at radius 3 is 2.90 bits per heavy atom. The zero-order chi connectivity index (χ0) is 22.0. The lowest BCUT2D eigenvalue weighted by Gasteiger charge is -2.40. The van der Waals surface area contributed by atoms with E-state index < -0.39 is 0 Å². The zero-order valence-corrected chi connectivity index (χ0v) is 18.1. The number of piperazine rings is 1. The molecule has 0 radical (unpaired) electrons. The summed E-state index contributed by atoms with van der Waals surface area (Å²) in [6.45, 7) is 7.51. The fourth-order valence-corrected chi connectivity index (χ4v) is 4.05. The first-order valence-electron chi connectivity index (χ1n) is 10.3. The molecule has 2 aromatic heterocycles. The molecule has 0 aliphatic carbocycles. The first-order valence-corrected chi connectivity index (χ1v) is 10.3. The van der Waals surface area contributed by atoms with Gasteiger partial charge in [-0.25, -0.2) is 9.97 Å². The molecule has 3 heterocycles. The quantitative estimate of drug-likeness (QED) is 0.504. The minimum absolute atomic E-state index is 0.291. The van der Waals surface area contributed by atoms with Gasteiger partial charge in [0.15, 0.2) is 11.5 Å². The molecule has 0 bridgehead atoms. The molecule has 1 unspecified atom stereocenters. The van der Waals surface area contributed by atoms with Gasteiger partial charge in [0.25, 0.3) is 0 Å². The number of ether oxygens (including phenoxy) is 1.